The highest BCUT2D eigenvalue weighted by Gasteiger charge is 2.31. The van der Waals surface area contributed by atoms with Crippen molar-refractivity contribution in [3.63, 3.8) is 0 Å². The van der Waals surface area contributed by atoms with Gasteiger partial charge in [0.25, 0.3) is 0 Å². The quantitative estimate of drug-likeness (QED) is 0.742. The van der Waals surface area contributed by atoms with Crippen LogP contribution in [-0.2, 0) is 13.0 Å². The van der Waals surface area contributed by atoms with Gasteiger partial charge in [0.2, 0.25) is 0 Å². The third kappa shape index (κ3) is 1.51. The van der Waals surface area contributed by atoms with Crippen molar-refractivity contribution in [3.05, 3.63) is 33.8 Å². The van der Waals surface area contributed by atoms with Gasteiger partial charge in [0.05, 0.1) is 0 Å². The summed E-state index contributed by atoms with van der Waals surface area (Å²) in [5, 5.41) is 0. The van der Waals surface area contributed by atoms with Crippen LogP contribution in [0.5, 0.6) is 0 Å². The molecule has 0 radical (unpaired) electrons. The Bertz CT molecular complexity index is 357. The second-order valence-corrected chi connectivity index (χ2v) is 5.18. The van der Waals surface area contributed by atoms with Crippen LogP contribution >= 0.6 is 15.9 Å². The van der Waals surface area contributed by atoms with E-state index in [-0.39, 0.29) is 0 Å². The summed E-state index contributed by atoms with van der Waals surface area (Å²) in [5.41, 5.74) is 3.06. The monoisotopic (exact) mass is 251 g/mol. The average molecular weight is 252 g/mol. The van der Waals surface area contributed by atoms with Crippen LogP contribution in [0.25, 0.3) is 0 Å². The van der Waals surface area contributed by atoms with Gasteiger partial charge in [-0.1, -0.05) is 28.1 Å². The fraction of sp³-hybridized carbons (Fsp3) is 0.500. The summed E-state index contributed by atoms with van der Waals surface area (Å²) in [6, 6.07) is 7.48. The van der Waals surface area contributed by atoms with Gasteiger partial charge in [-0.2, -0.15) is 0 Å². The predicted octanol–water partition coefficient (Wildman–Crippen LogP) is 2.97. The lowest BCUT2D eigenvalue weighted by Crippen LogP contribution is -2.32. The molecule has 0 unspecified atom stereocenters. The van der Waals surface area contributed by atoms with Crippen molar-refractivity contribution in [3.8, 4) is 0 Å². The highest BCUT2D eigenvalue weighted by molar-refractivity contribution is 9.10. The first-order valence-electron chi connectivity index (χ1n) is 5.35. The van der Waals surface area contributed by atoms with Crippen LogP contribution in [0.1, 0.15) is 24.0 Å². The highest BCUT2D eigenvalue weighted by Crippen LogP contribution is 2.33. The first-order valence-corrected chi connectivity index (χ1v) is 6.14. The number of nitrogens with zero attached hydrogens (tertiary/aromatic N) is 1. The molecular formula is C12H14BrN. The number of benzene rings is 1. The highest BCUT2D eigenvalue weighted by atomic mass is 79.9. The first kappa shape index (κ1) is 8.93. The van der Waals surface area contributed by atoms with E-state index in [0.29, 0.717) is 0 Å². The lowest BCUT2D eigenvalue weighted by atomic mass is 10.00. The number of halogens is 1. The number of hydrogen-bond acceptors (Lipinski definition) is 1. The summed E-state index contributed by atoms with van der Waals surface area (Å²) in [5.74, 6) is 0. The fourth-order valence-electron chi connectivity index (χ4n) is 2.31. The molecule has 1 aliphatic carbocycles. The summed E-state index contributed by atoms with van der Waals surface area (Å²) >= 11 is 3.65. The van der Waals surface area contributed by atoms with Crippen molar-refractivity contribution in [2.75, 3.05) is 6.54 Å². The molecule has 14 heavy (non-hydrogen) atoms. The molecule has 0 saturated heterocycles. The largest absolute Gasteiger partial charge is 0.296 e. The number of hydrogen-bond donors (Lipinski definition) is 0. The topological polar surface area (TPSA) is 3.24 Å². The van der Waals surface area contributed by atoms with Crippen molar-refractivity contribution in [1.29, 1.82) is 0 Å². The molecule has 1 heterocycles. The maximum Gasteiger partial charge on any atom is 0.0250 e. The number of fused-ring (bicyclic) bond motifs is 1. The summed E-state index contributed by atoms with van der Waals surface area (Å²) in [4.78, 5) is 2.63. The van der Waals surface area contributed by atoms with Crippen LogP contribution in [0, 0.1) is 0 Å². The van der Waals surface area contributed by atoms with Gasteiger partial charge in [-0.25, -0.2) is 0 Å². The molecule has 3 rings (SSSR count). The lowest BCUT2D eigenvalue weighted by molar-refractivity contribution is 0.243. The van der Waals surface area contributed by atoms with E-state index in [9.17, 15) is 0 Å². The Morgan fingerprint density at radius 2 is 2.14 bits per heavy atom. The van der Waals surface area contributed by atoms with E-state index in [1.807, 2.05) is 0 Å². The first-order chi connectivity index (χ1) is 6.84. The van der Waals surface area contributed by atoms with Crippen LogP contribution in [0.15, 0.2) is 22.7 Å². The van der Waals surface area contributed by atoms with Crippen molar-refractivity contribution in [2.24, 2.45) is 0 Å². The van der Waals surface area contributed by atoms with Crippen molar-refractivity contribution in [2.45, 2.75) is 31.8 Å². The molecular weight excluding hydrogens is 238 g/mol. The van der Waals surface area contributed by atoms with Gasteiger partial charge in [0.15, 0.2) is 0 Å². The molecule has 0 spiro atoms. The van der Waals surface area contributed by atoms with Crippen LogP contribution < -0.4 is 0 Å². The SMILES string of the molecule is Brc1cccc2c1CN(C1CC1)CC2. The minimum atomic E-state index is 0.898. The molecule has 1 fully saturated rings. The molecule has 2 aliphatic rings. The zero-order valence-corrected chi connectivity index (χ0v) is 9.76. The summed E-state index contributed by atoms with van der Waals surface area (Å²) < 4.78 is 1.29. The minimum absolute atomic E-state index is 0.898. The third-order valence-electron chi connectivity index (χ3n) is 3.31. The molecule has 1 aromatic rings. The molecule has 0 atom stereocenters. The third-order valence-corrected chi connectivity index (χ3v) is 4.05. The lowest BCUT2D eigenvalue weighted by Gasteiger charge is -2.29. The molecule has 1 nitrogen and oxygen atoms in total. The van der Waals surface area contributed by atoms with E-state index in [1.165, 1.54) is 41.4 Å². The molecule has 0 amide bonds. The van der Waals surface area contributed by atoms with Gasteiger partial charge in [0, 0.05) is 23.6 Å². The molecule has 0 bridgehead atoms. The predicted molar refractivity (Wildman–Crippen MR) is 61.3 cm³/mol. The molecule has 0 aromatic heterocycles. The molecule has 2 heteroatoms. The maximum absolute atomic E-state index is 3.65. The van der Waals surface area contributed by atoms with Crippen LogP contribution in [0.2, 0.25) is 0 Å². The zero-order chi connectivity index (χ0) is 9.54. The van der Waals surface area contributed by atoms with Gasteiger partial charge in [0.1, 0.15) is 0 Å². The Balaban J connectivity index is 1.91. The Kier molecular flexibility index (Phi) is 2.14. The second-order valence-electron chi connectivity index (χ2n) is 4.33. The Morgan fingerprint density at radius 1 is 1.29 bits per heavy atom. The fourth-order valence-corrected chi connectivity index (χ4v) is 2.84. The minimum Gasteiger partial charge on any atom is -0.296 e. The van der Waals surface area contributed by atoms with Crippen LogP contribution in [0.4, 0.5) is 0 Å². The molecule has 0 N–H and O–H groups in total. The van der Waals surface area contributed by atoms with Crippen LogP contribution in [-0.4, -0.2) is 17.5 Å². The molecule has 74 valence electrons. The average Bonchev–Trinajstić information content (AvgIpc) is 3.01. The molecule has 1 aromatic carbocycles. The van der Waals surface area contributed by atoms with E-state index >= 15 is 0 Å². The summed E-state index contributed by atoms with van der Waals surface area (Å²) in [7, 11) is 0. The number of rotatable bonds is 1. The van der Waals surface area contributed by atoms with Crippen molar-refractivity contribution >= 4 is 15.9 Å². The Morgan fingerprint density at radius 3 is 2.93 bits per heavy atom. The van der Waals surface area contributed by atoms with Gasteiger partial charge in [-0.05, 0) is 36.5 Å². The zero-order valence-electron chi connectivity index (χ0n) is 8.17. The van der Waals surface area contributed by atoms with Gasteiger partial charge < -0.3 is 0 Å². The van der Waals surface area contributed by atoms with Gasteiger partial charge in [-0.3, -0.25) is 4.90 Å². The maximum atomic E-state index is 3.65. The van der Waals surface area contributed by atoms with E-state index in [2.05, 4.69) is 39.0 Å². The standard InChI is InChI=1S/C12H14BrN/c13-12-3-1-2-9-6-7-14(8-11(9)12)10-4-5-10/h1-3,10H,4-8H2. The van der Waals surface area contributed by atoms with E-state index in [4.69, 9.17) is 0 Å². The normalized spacial score (nSPS) is 22.1. The summed E-state index contributed by atoms with van der Waals surface area (Å²) in [6.07, 6.45) is 4.06. The van der Waals surface area contributed by atoms with Crippen molar-refractivity contribution < 1.29 is 0 Å². The van der Waals surface area contributed by atoms with Crippen molar-refractivity contribution in [1.82, 2.24) is 4.90 Å². The van der Waals surface area contributed by atoms with E-state index in [0.717, 1.165) is 12.6 Å². The van der Waals surface area contributed by atoms with Crippen LogP contribution in [0.3, 0.4) is 0 Å². The Hall–Kier alpha value is -0.340. The second kappa shape index (κ2) is 3.35. The van der Waals surface area contributed by atoms with E-state index < -0.39 is 0 Å². The Labute approximate surface area is 93.2 Å². The summed E-state index contributed by atoms with van der Waals surface area (Å²) in [6.45, 7) is 2.41. The van der Waals surface area contributed by atoms with Gasteiger partial charge in [-0.15, -0.1) is 0 Å². The van der Waals surface area contributed by atoms with Gasteiger partial charge >= 0.3 is 0 Å². The van der Waals surface area contributed by atoms with E-state index in [1.54, 1.807) is 0 Å². The molecule has 1 saturated carbocycles. The smallest absolute Gasteiger partial charge is 0.0250 e. The molecule has 1 aliphatic heterocycles.